The monoisotopic (exact) mass is 425 g/mol. The highest BCUT2D eigenvalue weighted by atomic mass is 19.4. The standard InChI is InChI=1S/C23H18F3N3O2/c1-29(17-7-5-6-15(10-17)14-31-2)22(30)19-9-4-3-8-18(19)20-13-28-21(23(24,25)26)11-16(20)12-27/h3-11,13H,14H2,1-2H3. The molecule has 0 N–H and O–H groups in total. The average molecular weight is 425 g/mol. The van der Waals surface area contributed by atoms with Crippen LogP contribution in [0.5, 0.6) is 0 Å². The van der Waals surface area contributed by atoms with Crippen molar-refractivity contribution in [2.75, 3.05) is 19.1 Å². The molecule has 1 amide bonds. The molecule has 5 nitrogen and oxygen atoms in total. The van der Waals surface area contributed by atoms with E-state index in [4.69, 9.17) is 4.74 Å². The zero-order valence-electron chi connectivity index (χ0n) is 16.8. The zero-order chi connectivity index (χ0) is 22.6. The summed E-state index contributed by atoms with van der Waals surface area (Å²) in [5, 5.41) is 9.42. The second-order valence-electron chi connectivity index (χ2n) is 6.74. The minimum absolute atomic E-state index is 0.154. The van der Waals surface area contributed by atoms with E-state index in [0.29, 0.717) is 23.9 Å². The van der Waals surface area contributed by atoms with Crippen molar-refractivity contribution >= 4 is 11.6 Å². The molecule has 1 heterocycles. The van der Waals surface area contributed by atoms with Gasteiger partial charge in [-0.15, -0.1) is 0 Å². The minimum Gasteiger partial charge on any atom is -0.380 e. The van der Waals surface area contributed by atoms with Gasteiger partial charge >= 0.3 is 6.18 Å². The Kier molecular flexibility index (Phi) is 6.37. The van der Waals surface area contributed by atoms with Crippen LogP contribution in [0.1, 0.15) is 27.2 Å². The van der Waals surface area contributed by atoms with E-state index < -0.39 is 11.9 Å². The van der Waals surface area contributed by atoms with Crippen LogP contribution in [0.4, 0.5) is 18.9 Å². The van der Waals surface area contributed by atoms with Crippen LogP contribution in [-0.4, -0.2) is 25.0 Å². The molecule has 0 spiro atoms. The molecule has 0 aliphatic heterocycles. The van der Waals surface area contributed by atoms with Crippen LogP contribution in [0.15, 0.2) is 60.8 Å². The first-order valence-electron chi connectivity index (χ1n) is 9.19. The lowest BCUT2D eigenvalue weighted by atomic mass is 9.96. The number of ether oxygens (including phenoxy) is 1. The highest BCUT2D eigenvalue weighted by Crippen LogP contribution is 2.33. The summed E-state index contributed by atoms with van der Waals surface area (Å²) in [7, 11) is 3.17. The van der Waals surface area contributed by atoms with E-state index in [0.717, 1.165) is 11.8 Å². The molecule has 0 radical (unpaired) electrons. The summed E-state index contributed by atoms with van der Waals surface area (Å²) in [6.07, 6.45) is -3.69. The quantitative estimate of drug-likeness (QED) is 0.573. The van der Waals surface area contributed by atoms with E-state index in [-0.39, 0.29) is 22.6 Å². The number of aromatic nitrogens is 1. The van der Waals surface area contributed by atoms with Gasteiger partial charge in [-0.25, -0.2) is 0 Å². The number of nitriles is 1. The fourth-order valence-electron chi connectivity index (χ4n) is 3.14. The first-order chi connectivity index (χ1) is 14.8. The number of carbonyl (C=O) groups is 1. The van der Waals surface area contributed by atoms with Crippen LogP contribution in [0.2, 0.25) is 0 Å². The van der Waals surface area contributed by atoms with Crippen LogP contribution in [0.3, 0.4) is 0 Å². The van der Waals surface area contributed by atoms with Crippen LogP contribution in [0, 0.1) is 11.3 Å². The predicted octanol–water partition coefficient (Wildman–Crippen LogP) is 5.06. The number of anilines is 1. The van der Waals surface area contributed by atoms with Crippen molar-refractivity contribution < 1.29 is 22.7 Å². The fourth-order valence-corrected chi connectivity index (χ4v) is 3.14. The van der Waals surface area contributed by atoms with Gasteiger partial charge in [0.15, 0.2) is 0 Å². The molecule has 0 saturated heterocycles. The molecule has 0 aliphatic carbocycles. The zero-order valence-corrected chi connectivity index (χ0v) is 16.8. The van der Waals surface area contributed by atoms with E-state index in [9.17, 15) is 23.2 Å². The molecule has 1 aromatic heterocycles. The highest BCUT2D eigenvalue weighted by molar-refractivity contribution is 6.10. The van der Waals surface area contributed by atoms with Gasteiger partial charge in [0.05, 0.1) is 18.2 Å². The molecule has 0 aliphatic rings. The lowest BCUT2D eigenvalue weighted by Gasteiger charge is -2.20. The summed E-state index contributed by atoms with van der Waals surface area (Å²) in [4.78, 5) is 18.1. The second kappa shape index (κ2) is 8.98. The lowest BCUT2D eigenvalue weighted by Crippen LogP contribution is -2.27. The Labute approximate surface area is 177 Å². The third-order valence-corrected chi connectivity index (χ3v) is 4.68. The third kappa shape index (κ3) is 4.73. The number of halogens is 3. The summed E-state index contributed by atoms with van der Waals surface area (Å²) in [5.41, 5.74) is 0.842. The normalized spacial score (nSPS) is 11.1. The average Bonchev–Trinajstić information content (AvgIpc) is 2.77. The maximum atomic E-state index is 13.2. The summed E-state index contributed by atoms with van der Waals surface area (Å²) in [5.74, 6) is -0.381. The van der Waals surface area contributed by atoms with E-state index in [1.807, 2.05) is 12.1 Å². The van der Waals surface area contributed by atoms with Gasteiger partial charge in [0.2, 0.25) is 0 Å². The number of benzene rings is 2. The van der Waals surface area contributed by atoms with Crippen LogP contribution in [-0.2, 0) is 17.5 Å². The number of methoxy groups -OCH3 is 1. The summed E-state index contributed by atoms with van der Waals surface area (Å²) in [6.45, 7) is 0.384. The Morgan fingerprint density at radius 1 is 1.13 bits per heavy atom. The SMILES string of the molecule is COCc1cccc(N(C)C(=O)c2ccccc2-c2cnc(C(F)(F)F)cc2C#N)c1. The Bertz CT molecular complexity index is 1150. The molecule has 0 fully saturated rings. The van der Waals surface area contributed by atoms with Gasteiger partial charge < -0.3 is 9.64 Å². The van der Waals surface area contributed by atoms with Crippen molar-refractivity contribution in [2.24, 2.45) is 0 Å². The molecule has 0 bridgehead atoms. The number of carbonyl (C=O) groups excluding carboxylic acids is 1. The fraction of sp³-hybridized carbons (Fsp3) is 0.174. The van der Waals surface area contributed by atoms with Crippen molar-refractivity contribution in [3.8, 4) is 17.2 Å². The van der Waals surface area contributed by atoms with Gasteiger partial charge in [-0.3, -0.25) is 9.78 Å². The maximum Gasteiger partial charge on any atom is 0.433 e. The number of amides is 1. The molecule has 3 aromatic rings. The molecule has 0 atom stereocenters. The number of hydrogen-bond acceptors (Lipinski definition) is 4. The molecule has 158 valence electrons. The molecule has 3 rings (SSSR count). The van der Waals surface area contributed by atoms with Gasteiger partial charge in [0, 0.05) is 37.2 Å². The summed E-state index contributed by atoms with van der Waals surface area (Å²) < 4.78 is 44.1. The first kappa shape index (κ1) is 22.0. The largest absolute Gasteiger partial charge is 0.433 e. The van der Waals surface area contributed by atoms with Crippen molar-refractivity contribution in [1.82, 2.24) is 4.98 Å². The predicted molar refractivity (Wildman–Crippen MR) is 109 cm³/mol. The number of rotatable bonds is 5. The Balaban J connectivity index is 2.04. The molecular formula is C23H18F3N3O2. The van der Waals surface area contributed by atoms with Gasteiger partial charge in [-0.05, 0) is 35.4 Å². The molecule has 8 heteroatoms. The van der Waals surface area contributed by atoms with Gasteiger partial charge in [-0.2, -0.15) is 18.4 Å². The van der Waals surface area contributed by atoms with E-state index in [1.54, 1.807) is 56.6 Å². The number of pyridine rings is 1. The minimum atomic E-state index is -4.67. The Morgan fingerprint density at radius 2 is 1.87 bits per heavy atom. The summed E-state index contributed by atoms with van der Waals surface area (Å²) in [6, 6.07) is 16.1. The topological polar surface area (TPSA) is 66.2 Å². The van der Waals surface area contributed by atoms with Crippen LogP contribution < -0.4 is 4.90 Å². The smallest absolute Gasteiger partial charge is 0.380 e. The number of alkyl halides is 3. The molecule has 0 unspecified atom stereocenters. The van der Waals surface area contributed by atoms with Crippen molar-refractivity contribution in [1.29, 1.82) is 5.26 Å². The van der Waals surface area contributed by atoms with E-state index in [2.05, 4.69) is 4.98 Å². The van der Waals surface area contributed by atoms with E-state index in [1.165, 1.54) is 4.90 Å². The van der Waals surface area contributed by atoms with Gasteiger partial charge in [-0.1, -0.05) is 30.3 Å². The van der Waals surface area contributed by atoms with Crippen LogP contribution in [0.25, 0.3) is 11.1 Å². The molecule has 31 heavy (non-hydrogen) atoms. The highest BCUT2D eigenvalue weighted by Gasteiger charge is 2.33. The molecule has 2 aromatic carbocycles. The van der Waals surface area contributed by atoms with Gasteiger partial charge in [0.25, 0.3) is 5.91 Å². The van der Waals surface area contributed by atoms with Crippen LogP contribution >= 0.6 is 0 Å². The van der Waals surface area contributed by atoms with Crippen molar-refractivity contribution in [2.45, 2.75) is 12.8 Å². The van der Waals surface area contributed by atoms with E-state index >= 15 is 0 Å². The lowest BCUT2D eigenvalue weighted by molar-refractivity contribution is -0.141. The second-order valence-corrected chi connectivity index (χ2v) is 6.74. The number of hydrogen-bond donors (Lipinski definition) is 0. The van der Waals surface area contributed by atoms with Crippen molar-refractivity contribution in [3.63, 3.8) is 0 Å². The molecular weight excluding hydrogens is 407 g/mol. The summed E-state index contributed by atoms with van der Waals surface area (Å²) >= 11 is 0. The third-order valence-electron chi connectivity index (χ3n) is 4.68. The molecule has 0 saturated carbocycles. The van der Waals surface area contributed by atoms with Gasteiger partial charge in [0.1, 0.15) is 5.69 Å². The maximum absolute atomic E-state index is 13.2. The first-order valence-corrected chi connectivity index (χ1v) is 9.19. The number of nitrogens with zero attached hydrogens (tertiary/aromatic N) is 3. The Morgan fingerprint density at radius 3 is 2.55 bits per heavy atom. The Hall–Kier alpha value is -3.70. The van der Waals surface area contributed by atoms with Crippen molar-refractivity contribution in [3.05, 3.63) is 83.2 Å².